The topological polar surface area (TPSA) is 66.9 Å². The van der Waals surface area contributed by atoms with Gasteiger partial charge in [0.25, 0.3) is 10.0 Å². The van der Waals surface area contributed by atoms with Gasteiger partial charge >= 0.3 is 6.09 Å². The molecule has 2 aromatic carbocycles. The Morgan fingerprint density at radius 3 is 2.30 bits per heavy atom. The largest absolute Gasteiger partial charge is 0.444 e. The van der Waals surface area contributed by atoms with Gasteiger partial charge in [-0.2, -0.15) is 0 Å². The van der Waals surface area contributed by atoms with Crippen molar-refractivity contribution in [2.24, 2.45) is 0 Å². The van der Waals surface area contributed by atoms with Gasteiger partial charge in [0.15, 0.2) is 0 Å². The average molecular weight is 534 g/mol. The molecule has 1 amide bonds. The second kappa shape index (κ2) is 9.90. The number of hydrogen-bond donors (Lipinski definition) is 0. The lowest BCUT2D eigenvalue weighted by Gasteiger charge is -2.38. The summed E-state index contributed by atoms with van der Waals surface area (Å²) < 4.78 is 34.5. The minimum Gasteiger partial charge on any atom is -0.444 e. The highest BCUT2D eigenvalue weighted by Gasteiger charge is 2.42. The van der Waals surface area contributed by atoms with Gasteiger partial charge in [0.05, 0.1) is 27.7 Å². The Kier molecular flexibility index (Phi) is 7.79. The van der Waals surface area contributed by atoms with E-state index in [4.69, 9.17) is 39.5 Å². The van der Waals surface area contributed by atoms with Crippen molar-refractivity contribution in [1.29, 1.82) is 0 Å². The van der Waals surface area contributed by atoms with Crippen molar-refractivity contribution >= 4 is 56.6 Å². The maximum absolute atomic E-state index is 13.9. The fourth-order valence-corrected chi connectivity index (χ4v) is 6.19. The molecule has 1 fully saturated rings. The van der Waals surface area contributed by atoms with E-state index < -0.39 is 33.8 Å². The molecule has 0 aliphatic carbocycles. The maximum Gasteiger partial charge on any atom is 0.410 e. The molecule has 1 aliphatic heterocycles. The average Bonchev–Trinajstić information content (AvgIpc) is 3.20. The van der Waals surface area contributed by atoms with Gasteiger partial charge in [0.1, 0.15) is 5.60 Å². The molecule has 1 heterocycles. The summed E-state index contributed by atoms with van der Waals surface area (Å²) in [7, 11) is -4.08. The zero-order chi connectivity index (χ0) is 24.6. The SMILES string of the molecule is C[C@@H](C1CCCN1C(=O)OC(C)(C)C)N(c1cc(Cl)ccc1Cl)S(=O)(=O)c1ccc(Cl)cc1. The van der Waals surface area contributed by atoms with Crippen molar-refractivity contribution in [3.63, 3.8) is 0 Å². The van der Waals surface area contributed by atoms with E-state index in [1.54, 1.807) is 44.7 Å². The van der Waals surface area contributed by atoms with Crippen LogP contribution in [0.25, 0.3) is 0 Å². The van der Waals surface area contributed by atoms with Gasteiger partial charge in [-0.15, -0.1) is 0 Å². The number of halogens is 3. The van der Waals surface area contributed by atoms with Crippen LogP contribution in [0.3, 0.4) is 0 Å². The van der Waals surface area contributed by atoms with Crippen molar-refractivity contribution in [3.8, 4) is 0 Å². The second-order valence-electron chi connectivity index (χ2n) is 8.97. The summed E-state index contributed by atoms with van der Waals surface area (Å²) >= 11 is 18.6. The van der Waals surface area contributed by atoms with E-state index in [9.17, 15) is 13.2 Å². The van der Waals surface area contributed by atoms with Crippen molar-refractivity contribution in [2.45, 2.75) is 63.1 Å². The van der Waals surface area contributed by atoms with Crippen LogP contribution in [-0.4, -0.2) is 43.6 Å². The lowest BCUT2D eigenvalue weighted by atomic mass is 10.1. The first kappa shape index (κ1) is 25.9. The number of carbonyl (C=O) groups excluding carboxylic acids is 1. The van der Waals surface area contributed by atoms with Crippen LogP contribution in [0, 0.1) is 0 Å². The molecule has 2 atom stereocenters. The molecule has 180 valence electrons. The second-order valence-corrected chi connectivity index (χ2v) is 12.1. The summed E-state index contributed by atoms with van der Waals surface area (Å²) in [5, 5.41) is 0.986. The summed E-state index contributed by atoms with van der Waals surface area (Å²) in [5.74, 6) is 0. The molecule has 1 saturated heterocycles. The van der Waals surface area contributed by atoms with E-state index in [1.165, 1.54) is 34.6 Å². The first-order chi connectivity index (χ1) is 15.3. The van der Waals surface area contributed by atoms with Crippen molar-refractivity contribution in [3.05, 3.63) is 57.5 Å². The van der Waals surface area contributed by atoms with Crippen LogP contribution in [0.4, 0.5) is 10.5 Å². The fourth-order valence-electron chi connectivity index (χ4n) is 3.94. The minimum atomic E-state index is -4.08. The van der Waals surface area contributed by atoms with E-state index in [0.717, 1.165) is 6.42 Å². The molecule has 0 aromatic heterocycles. The number of sulfonamides is 1. The van der Waals surface area contributed by atoms with E-state index in [-0.39, 0.29) is 15.6 Å². The summed E-state index contributed by atoms with van der Waals surface area (Å²) in [6, 6.07) is 9.49. The molecule has 3 rings (SSSR count). The predicted molar refractivity (Wildman–Crippen MR) is 133 cm³/mol. The normalized spacial score (nSPS) is 17.7. The maximum atomic E-state index is 13.9. The number of nitrogens with zero attached hydrogens (tertiary/aromatic N) is 2. The molecule has 6 nitrogen and oxygen atoms in total. The van der Waals surface area contributed by atoms with Gasteiger partial charge in [-0.05, 0) is 83.0 Å². The molecular formula is C23H27Cl3N2O4S. The van der Waals surface area contributed by atoms with E-state index >= 15 is 0 Å². The number of rotatable bonds is 5. The lowest BCUT2D eigenvalue weighted by Crippen LogP contribution is -2.52. The third kappa shape index (κ3) is 5.88. The quantitative estimate of drug-likeness (QED) is 0.433. The van der Waals surface area contributed by atoms with Crippen LogP contribution in [-0.2, 0) is 14.8 Å². The van der Waals surface area contributed by atoms with Gasteiger partial charge in [0.2, 0.25) is 0 Å². The molecule has 10 heteroatoms. The molecule has 1 aliphatic rings. The monoisotopic (exact) mass is 532 g/mol. The predicted octanol–water partition coefficient (Wildman–Crippen LogP) is 6.63. The summed E-state index contributed by atoms with van der Waals surface area (Å²) in [4.78, 5) is 14.5. The molecule has 2 aromatic rings. The first-order valence-corrected chi connectivity index (χ1v) is 13.1. The molecule has 33 heavy (non-hydrogen) atoms. The van der Waals surface area contributed by atoms with Crippen LogP contribution in [0.2, 0.25) is 15.1 Å². The zero-order valence-corrected chi connectivity index (χ0v) is 22.0. The number of carbonyl (C=O) groups is 1. The van der Waals surface area contributed by atoms with Crippen LogP contribution < -0.4 is 4.31 Å². The van der Waals surface area contributed by atoms with Gasteiger partial charge in [-0.1, -0.05) is 34.8 Å². The Morgan fingerprint density at radius 1 is 1.09 bits per heavy atom. The van der Waals surface area contributed by atoms with Gasteiger partial charge in [0, 0.05) is 16.6 Å². The van der Waals surface area contributed by atoms with Crippen molar-refractivity contribution < 1.29 is 17.9 Å². The lowest BCUT2D eigenvalue weighted by molar-refractivity contribution is 0.0212. The van der Waals surface area contributed by atoms with Crippen LogP contribution >= 0.6 is 34.8 Å². The first-order valence-electron chi connectivity index (χ1n) is 10.6. The molecule has 0 radical (unpaired) electrons. The minimum absolute atomic E-state index is 0.0524. The molecule has 0 saturated carbocycles. The Morgan fingerprint density at radius 2 is 1.70 bits per heavy atom. The van der Waals surface area contributed by atoms with E-state index in [2.05, 4.69) is 0 Å². The van der Waals surface area contributed by atoms with Gasteiger partial charge < -0.3 is 9.64 Å². The van der Waals surface area contributed by atoms with Gasteiger partial charge in [-0.3, -0.25) is 4.31 Å². The van der Waals surface area contributed by atoms with Crippen molar-refractivity contribution in [2.75, 3.05) is 10.8 Å². The highest BCUT2D eigenvalue weighted by molar-refractivity contribution is 7.92. The molecule has 0 N–H and O–H groups in total. The molecule has 0 bridgehead atoms. The molecule has 1 unspecified atom stereocenters. The number of likely N-dealkylation sites (tertiary alicyclic amines) is 1. The van der Waals surface area contributed by atoms with Crippen LogP contribution in [0.5, 0.6) is 0 Å². The smallest absolute Gasteiger partial charge is 0.410 e. The Bertz CT molecular complexity index is 1120. The number of ether oxygens (including phenoxy) is 1. The molecule has 0 spiro atoms. The summed E-state index contributed by atoms with van der Waals surface area (Å²) in [5.41, 5.74) is -0.429. The highest BCUT2D eigenvalue weighted by Crippen LogP contribution is 2.37. The number of amides is 1. The summed E-state index contributed by atoms with van der Waals surface area (Å²) in [6.07, 6.45) is 0.871. The van der Waals surface area contributed by atoms with E-state index in [0.29, 0.717) is 23.0 Å². The van der Waals surface area contributed by atoms with E-state index in [1.807, 2.05) is 0 Å². The Labute approximate surface area is 210 Å². The number of hydrogen-bond acceptors (Lipinski definition) is 4. The Balaban J connectivity index is 2.08. The fraction of sp³-hybridized carbons (Fsp3) is 0.435. The Hall–Kier alpha value is -1.67. The third-order valence-electron chi connectivity index (χ3n) is 5.37. The third-order valence-corrected chi connectivity index (χ3v) is 8.09. The molecular weight excluding hydrogens is 507 g/mol. The summed E-state index contributed by atoms with van der Waals surface area (Å²) in [6.45, 7) is 7.62. The van der Waals surface area contributed by atoms with Crippen LogP contribution in [0.15, 0.2) is 47.4 Å². The number of anilines is 1. The standard InChI is InChI=1S/C23H27Cl3N2O4S/c1-15(20-6-5-13-27(20)22(29)32-23(2,3)4)28(21-14-17(25)9-12-19(21)26)33(30,31)18-10-7-16(24)8-11-18/h7-12,14-15,20H,5-6,13H2,1-4H3/t15-,20?/m0/s1. The van der Waals surface area contributed by atoms with Crippen LogP contribution in [0.1, 0.15) is 40.5 Å². The highest BCUT2D eigenvalue weighted by atomic mass is 35.5. The van der Waals surface area contributed by atoms with Crippen molar-refractivity contribution in [1.82, 2.24) is 4.90 Å². The van der Waals surface area contributed by atoms with Gasteiger partial charge in [-0.25, -0.2) is 13.2 Å². The number of benzene rings is 2. The zero-order valence-electron chi connectivity index (χ0n) is 18.9.